The van der Waals surface area contributed by atoms with Gasteiger partial charge in [0.15, 0.2) is 0 Å². The van der Waals surface area contributed by atoms with E-state index in [0.717, 1.165) is 24.8 Å². The van der Waals surface area contributed by atoms with E-state index in [-0.39, 0.29) is 0 Å². The molecule has 0 radical (unpaired) electrons. The van der Waals surface area contributed by atoms with Gasteiger partial charge in [-0.2, -0.15) is 0 Å². The van der Waals surface area contributed by atoms with Crippen LogP contribution < -0.4 is 4.74 Å². The van der Waals surface area contributed by atoms with Crippen LogP contribution in [0.4, 0.5) is 0 Å². The Balaban J connectivity index is 1.61. The fraction of sp³-hybridized carbons (Fsp3) is 0.667. The van der Waals surface area contributed by atoms with Crippen molar-refractivity contribution >= 4 is 0 Å². The topological polar surface area (TPSA) is 35.9 Å². The van der Waals surface area contributed by atoms with Gasteiger partial charge in [0.1, 0.15) is 18.5 Å². The van der Waals surface area contributed by atoms with Crippen LogP contribution in [0.2, 0.25) is 0 Å². The van der Waals surface area contributed by atoms with Gasteiger partial charge in [0.05, 0.1) is 0 Å². The van der Waals surface area contributed by atoms with E-state index in [2.05, 4.69) is 23.9 Å². The second-order valence-electron chi connectivity index (χ2n) is 6.61. The van der Waals surface area contributed by atoms with Crippen molar-refractivity contribution in [3.8, 4) is 5.75 Å². The Morgan fingerprint density at radius 3 is 2.55 bits per heavy atom. The van der Waals surface area contributed by atoms with Gasteiger partial charge in [-0.15, -0.1) is 0 Å². The highest BCUT2D eigenvalue weighted by Crippen LogP contribution is 2.20. The molecule has 4 nitrogen and oxygen atoms in total. The molecular formula is C18H30N2O2. The number of β-amino-alcohol motifs (C(OH)–C–C–N with tert-alkyl or cyclic N) is 1. The molecule has 0 spiro atoms. The summed E-state index contributed by atoms with van der Waals surface area (Å²) >= 11 is 0. The molecule has 0 bridgehead atoms. The molecule has 1 saturated heterocycles. The molecule has 1 aromatic carbocycles. The summed E-state index contributed by atoms with van der Waals surface area (Å²) in [6.45, 7) is 4.46. The van der Waals surface area contributed by atoms with Crippen LogP contribution in [-0.4, -0.2) is 67.9 Å². The molecule has 124 valence electrons. The highest BCUT2D eigenvalue weighted by molar-refractivity contribution is 5.20. The fourth-order valence-corrected chi connectivity index (χ4v) is 2.96. The van der Waals surface area contributed by atoms with E-state index in [9.17, 15) is 5.11 Å². The molecule has 0 amide bonds. The van der Waals surface area contributed by atoms with Gasteiger partial charge in [0.25, 0.3) is 0 Å². The maximum Gasteiger partial charge on any atom is 0.119 e. The van der Waals surface area contributed by atoms with E-state index in [1.54, 1.807) is 0 Å². The van der Waals surface area contributed by atoms with Crippen molar-refractivity contribution < 1.29 is 9.84 Å². The lowest BCUT2D eigenvalue weighted by molar-refractivity contribution is 0.0538. The molecule has 1 fully saturated rings. The third-order valence-electron chi connectivity index (χ3n) is 4.35. The number of hydrogen-bond acceptors (Lipinski definition) is 4. The van der Waals surface area contributed by atoms with Gasteiger partial charge in [-0.05, 0) is 71.0 Å². The Kier molecular flexibility index (Phi) is 7.16. The lowest BCUT2D eigenvalue weighted by Crippen LogP contribution is -2.41. The monoisotopic (exact) mass is 306 g/mol. The average molecular weight is 306 g/mol. The summed E-state index contributed by atoms with van der Waals surface area (Å²) in [5, 5.41) is 10.1. The standard InChI is InChI=1S/C18H30N2O2/c1-19(2)11-8-16-9-12-20(13-10-16)14-17(21)15-22-18-6-4-3-5-7-18/h3-7,16-17,21H,8-15H2,1-2H3. The predicted octanol–water partition coefficient (Wildman–Crippen LogP) is 2.09. The summed E-state index contributed by atoms with van der Waals surface area (Å²) in [6.07, 6.45) is 3.37. The van der Waals surface area contributed by atoms with Crippen molar-refractivity contribution in [2.45, 2.75) is 25.4 Å². The van der Waals surface area contributed by atoms with Crippen molar-refractivity contribution in [2.75, 3.05) is 46.9 Å². The number of aliphatic hydroxyl groups is 1. The van der Waals surface area contributed by atoms with E-state index in [1.807, 2.05) is 30.3 Å². The van der Waals surface area contributed by atoms with E-state index >= 15 is 0 Å². The molecule has 1 heterocycles. The second-order valence-corrected chi connectivity index (χ2v) is 6.61. The fourth-order valence-electron chi connectivity index (χ4n) is 2.96. The molecule has 1 unspecified atom stereocenters. The first-order chi connectivity index (χ1) is 10.6. The van der Waals surface area contributed by atoms with Crippen LogP contribution in [0.15, 0.2) is 30.3 Å². The number of para-hydroxylation sites is 1. The Hall–Kier alpha value is -1.10. The third-order valence-corrected chi connectivity index (χ3v) is 4.35. The van der Waals surface area contributed by atoms with E-state index < -0.39 is 6.10 Å². The van der Waals surface area contributed by atoms with Crippen LogP contribution in [0.3, 0.4) is 0 Å². The number of piperidine rings is 1. The number of benzene rings is 1. The highest BCUT2D eigenvalue weighted by Gasteiger charge is 2.21. The van der Waals surface area contributed by atoms with Crippen LogP contribution in [0.1, 0.15) is 19.3 Å². The number of ether oxygens (including phenoxy) is 1. The first-order valence-corrected chi connectivity index (χ1v) is 8.36. The van der Waals surface area contributed by atoms with E-state index in [4.69, 9.17) is 4.74 Å². The van der Waals surface area contributed by atoms with Crippen molar-refractivity contribution in [3.05, 3.63) is 30.3 Å². The van der Waals surface area contributed by atoms with Gasteiger partial charge >= 0.3 is 0 Å². The van der Waals surface area contributed by atoms with Crippen LogP contribution in [0.25, 0.3) is 0 Å². The maximum atomic E-state index is 10.1. The number of hydrogen-bond donors (Lipinski definition) is 1. The minimum absolute atomic E-state index is 0.366. The van der Waals surface area contributed by atoms with Crippen molar-refractivity contribution in [3.63, 3.8) is 0 Å². The highest BCUT2D eigenvalue weighted by atomic mass is 16.5. The smallest absolute Gasteiger partial charge is 0.119 e. The summed E-state index contributed by atoms with van der Waals surface area (Å²) in [5.74, 6) is 1.67. The zero-order valence-corrected chi connectivity index (χ0v) is 13.9. The molecule has 1 aliphatic heterocycles. The molecule has 1 aliphatic rings. The van der Waals surface area contributed by atoms with Gasteiger partial charge in [-0.3, -0.25) is 0 Å². The van der Waals surface area contributed by atoms with Crippen molar-refractivity contribution in [1.29, 1.82) is 0 Å². The molecule has 0 aliphatic carbocycles. The van der Waals surface area contributed by atoms with Crippen LogP contribution in [0, 0.1) is 5.92 Å². The van der Waals surface area contributed by atoms with Crippen LogP contribution in [-0.2, 0) is 0 Å². The summed E-state index contributed by atoms with van der Waals surface area (Å²) in [5.41, 5.74) is 0. The van der Waals surface area contributed by atoms with Gasteiger partial charge in [-0.1, -0.05) is 18.2 Å². The van der Waals surface area contributed by atoms with Crippen molar-refractivity contribution in [1.82, 2.24) is 9.80 Å². The molecule has 0 aromatic heterocycles. The molecule has 22 heavy (non-hydrogen) atoms. The molecule has 0 saturated carbocycles. The first kappa shape index (κ1) is 17.3. The quantitative estimate of drug-likeness (QED) is 0.798. The summed E-state index contributed by atoms with van der Waals surface area (Å²) in [4.78, 5) is 4.63. The zero-order chi connectivity index (χ0) is 15.8. The molecular weight excluding hydrogens is 276 g/mol. The Labute approximate surface area is 134 Å². The first-order valence-electron chi connectivity index (χ1n) is 8.36. The minimum Gasteiger partial charge on any atom is -0.491 e. The van der Waals surface area contributed by atoms with Crippen molar-refractivity contribution in [2.24, 2.45) is 5.92 Å². The Morgan fingerprint density at radius 2 is 1.91 bits per heavy atom. The van der Waals surface area contributed by atoms with Crippen LogP contribution >= 0.6 is 0 Å². The molecule has 1 atom stereocenters. The van der Waals surface area contributed by atoms with Gasteiger partial charge in [0, 0.05) is 6.54 Å². The predicted molar refractivity (Wildman–Crippen MR) is 90.3 cm³/mol. The SMILES string of the molecule is CN(C)CCC1CCN(CC(O)COc2ccccc2)CC1. The molecule has 2 rings (SSSR count). The second kappa shape index (κ2) is 9.13. The largest absolute Gasteiger partial charge is 0.491 e. The molecule has 1 aromatic rings. The van der Waals surface area contributed by atoms with Crippen LogP contribution in [0.5, 0.6) is 5.75 Å². The number of rotatable bonds is 8. The van der Waals surface area contributed by atoms with E-state index in [1.165, 1.54) is 25.8 Å². The van der Waals surface area contributed by atoms with Gasteiger partial charge < -0.3 is 19.6 Å². The number of nitrogens with zero attached hydrogens (tertiary/aromatic N) is 2. The summed E-state index contributed by atoms with van der Waals surface area (Å²) < 4.78 is 5.61. The third kappa shape index (κ3) is 6.34. The lowest BCUT2D eigenvalue weighted by Gasteiger charge is -2.33. The van der Waals surface area contributed by atoms with Gasteiger partial charge in [-0.25, -0.2) is 0 Å². The molecule has 4 heteroatoms. The Bertz CT molecular complexity index is 403. The number of aliphatic hydroxyl groups excluding tert-OH is 1. The normalized spacial score (nSPS) is 18.5. The Morgan fingerprint density at radius 1 is 1.23 bits per heavy atom. The number of likely N-dealkylation sites (tertiary alicyclic amines) is 1. The zero-order valence-electron chi connectivity index (χ0n) is 13.9. The summed E-state index contributed by atoms with van der Waals surface area (Å²) in [6, 6.07) is 9.69. The van der Waals surface area contributed by atoms with Gasteiger partial charge in [0.2, 0.25) is 0 Å². The molecule has 1 N–H and O–H groups in total. The van der Waals surface area contributed by atoms with E-state index in [0.29, 0.717) is 13.2 Å². The minimum atomic E-state index is -0.418. The maximum absolute atomic E-state index is 10.1. The average Bonchev–Trinajstić information content (AvgIpc) is 2.53. The summed E-state index contributed by atoms with van der Waals surface area (Å²) in [7, 11) is 4.27. The lowest BCUT2D eigenvalue weighted by atomic mass is 9.93.